The zero-order valence-electron chi connectivity index (χ0n) is 14.0. The molecule has 1 N–H and O–H groups in total. The molecule has 1 unspecified atom stereocenters. The second-order valence-electron chi connectivity index (χ2n) is 6.28. The monoisotopic (exact) mass is 342 g/mol. The van der Waals surface area contributed by atoms with Gasteiger partial charge in [-0.25, -0.2) is 0 Å². The molecule has 0 aromatic heterocycles. The predicted octanol–water partition coefficient (Wildman–Crippen LogP) is 3.63. The summed E-state index contributed by atoms with van der Waals surface area (Å²) in [6.07, 6.45) is 0.328. The van der Waals surface area contributed by atoms with Crippen molar-refractivity contribution in [1.82, 2.24) is 10.2 Å². The lowest BCUT2D eigenvalue weighted by Crippen LogP contribution is -2.50. The van der Waals surface area contributed by atoms with Crippen LogP contribution in [0.15, 0.2) is 24.3 Å². The lowest BCUT2D eigenvalue weighted by Gasteiger charge is -2.34. The van der Waals surface area contributed by atoms with Crippen molar-refractivity contribution in [2.45, 2.75) is 51.2 Å². The van der Waals surface area contributed by atoms with Crippen LogP contribution in [-0.2, 0) is 17.4 Å². The minimum absolute atomic E-state index is 0.0371. The van der Waals surface area contributed by atoms with Crippen LogP contribution in [0.2, 0.25) is 0 Å². The zero-order valence-corrected chi connectivity index (χ0v) is 14.0. The molecule has 0 bridgehead atoms. The van der Waals surface area contributed by atoms with Gasteiger partial charge in [0.15, 0.2) is 0 Å². The van der Waals surface area contributed by atoms with Crippen molar-refractivity contribution >= 4 is 5.91 Å². The maximum Gasteiger partial charge on any atom is 0.416 e. The summed E-state index contributed by atoms with van der Waals surface area (Å²) in [5.41, 5.74) is 0.144. The van der Waals surface area contributed by atoms with Gasteiger partial charge in [0.05, 0.1) is 11.6 Å². The third-order valence-corrected chi connectivity index (χ3v) is 4.42. The molecular weight excluding hydrogens is 317 g/mol. The van der Waals surface area contributed by atoms with Gasteiger partial charge in [0.25, 0.3) is 0 Å². The molecule has 1 aromatic carbocycles. The van der Waals surface area contributed by atoms with E-state index in [9.17, 15) is 18.0 Å². The standard InChI is InChI=1S/C18H25F3N2O/c1-2-12-23-13-4-3-5-16(23)17(24)22-11-10-14-6-8-15(9-7-14)18(19,20)21/h6-9,16H,2-5,10-13H2,1H3,(H,22,24). The number of nitrogens with zero attached hydrogens (tertiary/aromatic N) is 1. The van der Waals surface area contributed by atoms with Gasteiger partial charge in [-0.3, -0.25) is 9.69 Å². The first-order chi connectivity index (χ1) is 11.4. The van der Waals surface area contributed by atoms with Crippen LogP contribution in [0, 0.1) is 0 Å². The maximum absolute atomic E-state index is 12.5. The summed E-state index contributed by atoms with van der Waals surface area (Å²) in [4.78, 5) is 14.6. The van der Waals surface area contributed by atoms with Crippen molar-refractivity contribution in [3.05, 3.63) is 35.4 Å². The van der Waals surface area contributed by atoms with E-state index in [1.165, 1.54) is 12.1 Å². The molecule has 1 heterocycles. The topological polar surface area (TPSA) is 32.3 Å². The number of nitrogens with one attached hydrogen (secondary N) is 1. The quantitative estimate of drug-likeness (QED) is 0.856. The van der Waals surface area contributed by atoms with E-state index in [0.717, 1.165) is 56.5 Å². The molecule has 0 saturated carbocycles. The van der Waals surface area contributed by atoms with Crippen molar-refractivity contribution in [2.24, 2.45) is 0 Å². The van der Waals surface area contributed by atoms with E-state index in [2.05, 4.69) is 17.1 Å². The first-order valence-electron chi connectivity index (χ1n) is 8.59. The Bertz CT molecular complexity index is 526. The third kappa shape index (κ3) is 5.23. The number of piperidine rings is 1. The van der Waals surface area contributed by atoms with Crippen LogP contribution in [0.25, 0.3) is 0 Å². The molecule has 134 valence electrons. The molecule has 1 aliphatic rings. The van der Waals surface area contributed by atoms with E-state index in [1.54, 1.807) is 0 Å². The van der Waals surface area contributed by atoms with Gasteiger partial charge in [-0.2, -0.15) is 13.2 Å². The smallest absolute Gasteiger partial charge is 0.354 e. The number of likely N-dealkylation sites (tertiary alicyclic amines) is 1. The molecule has 0 spiro atoms. The Morgan fingerprint density at radius 3 is 2.58 bits per heavy atom. The molecule has 2 rings (SSSR count). The normalized spacial score (nSPS) is 19.2. The molecule has 1 fully saturated rings. The Hall–Kier alpha value is -1.56. The van der Waals surface area contributed by atoms with Crippen LogP contribution < -0.4 is 5.32 Å². The average Bonchev–Trinajstić information content (AvgIpc) is 2.55. The molecule has 24 heavy (non-hydrogen) atoms. The molecule has 1 amide bonds. The third-order valence-electron chi connectivity index (χ3n) is 4.42. The lowest BCUT2D eigenvalue weighted by molar-refractivity contribution is -0.137. The zero-order chi connectivity index (χ0) is 17.6. The van der Waals surface area contributed by atoms with E-state index in [-0.39, 0.29) is 11.9 Å². The first kappa shape index (κ1) is 18.8. The van der Waals surface area contributed by atoms with Crippen LogP contribution in [-0.4, -0.2) is 36.5 Å². The second-order valence-corrected chi connectivity index (χ2v) is 6.28. The largest absolute Gasteiger partial charge is 0.416 e. The number of hydrogen-bond donors (Lipinski definition) is 1. The van der Waals surface area contributed by atoms with E-state index in [0.29, 0.717) is 13.0 Å². The Balaban J connectivity index is 1.81. The Labute approximate surface area is 141 Å². The highest BCUT2D eigenvalue weighted by molar-refractivity contribution is 5.81. The number of alkyl halides is 3. The van der Waals surface area contributed by atoms with E-state index >= 15 is 0 Å². The summed E-state index contributed by atoms with van der Waals surface area (Å²) in [7, 11) is 0. The van der Waals surface area contributed by atoms with Gasteiger partial charge in [-0.15, -0.1) is 0 Å². The fourth-order valence-electron chi connectivity index (χ4n) is 3.15. The number of rotatable bonds is 6. The van der Waals surface area contributed by atoms with Crippen LogP contribution in [0.4, 0.5) is 13.2 Å². The number of halogens is 3. The Morgan fingerprint density at radius 1 is 1.25 bits per heavy atom. The summed E-state index contributed by atoms with van der Waals surface area (Å²) in [6.45, 7) is 4.44. The summed E-state index contributed by atoms with van der Waals surface area (Å²) in [5, 5.41) is 2.93. The Kier molecular flexibility index (Phi) is 6.66. The van der Waals surface area contributed by atoms with Crippen LogP contribution in [0.1, 0.15) is 43.7 Å². The van der Waals surface area contributed by atoms with Crippen molar-refractivity contribution < 1.29 is 18.0 Å². The number of carbonyl (C=O) groups is 1. The van der Waals surface area contributed by atoms with E-state index in [4.69, 9.17) is 0 Å². The summed E-state index contributed by atoms with van der Waals surface area (Å²) in [5.74, 6) is 0.0371. The Morgan fingerprint density at radius 2 is 1.96 bits per heavy atom. The van der Waals surface area contributed by atoms with Gasteiger partial charge in [0.2, 0.25) is 5.91 Å². The minimum atomic E-state index is -4.31. The highest BCUT2D eigenvalue weighted by Gasteiger charge is 2.30. The molecule has 1 aliphatic heterocycles. The van der Waals surface area contributed by atoms with Crippen LogP contribution >= 0.6 is 0 Å². The summed E-state index contributed by atoms with van der Waals surface area (Å²) >= 11 is 0. The minimum Gasteiger partial charge on any atom is -0.354 e. The summed E-state index contributed by atoms with van der Waals surface area (Å²) < 4.78 is 37.6. The fourth-order valence-corrected chi connectivity index (χ4v) is 3.15. The fraction of sp³-hybridized carbons (Fsp3) is 0.611. The number of benzene rings is 1. The van der Waals surface area contributed by atoms with E-state index < -0.39 is 11.7 Å². The molecule has 1 saturated heterocycles. The number of carbonyl (C=O) groups excluding carboxylic acids is 1. The van der Waals surface area contributed by atoms with Crippen molar-refractivity contribution in [3.8, 4) is 0 Å². The first-order valence-corrected chi connectivity index (χ1v) is 8.59. The van der Waals surface area contributed by atoms with Crippen molar-refractivity contribution in [1.29, 1.82) is 0 Å². The number of amides is 1. The predicted molar refractivity (Wildman–Crippen MR) is 87.7 cm³/mol. The molecular formula is C18H25F3N2O. The molecule has 6 heteroatoms. The van der Waals surface area contributed by atoms with Gasteiger partial charge < -0.3 is 5.32 Å². The highest BCUT2D eigenvalue weighted by Crippen LogP contribution is 2.29. The molecule has 3 nitrogen and oxygen atoms in total. The SMILES string of the molecule is CCCN1CCCCC1C(=O)NCCc1ccc(C(F)(F)F)cc1. The van der Waals surface area contributed by atoms with Gasteiger partial charge in [-0.1, -0.05) is 25.5 Å². The van der Waals surface area contributed by atoms with Crippen LogP contribution in [0.5, 0.6) is 0 Å². The molecule has 0 radical (unpaired) electrons. The molecule has 0 aliphatic carbocycles. The number of hydrogen-bond acceptors (Lipinski definition) is 2. The van der Waals surface area contributed by atoms with E-state index in [1.807, 2.05) is 0 Å². The van der Waals surface area contributed by atoms with Gasteiger partial charge in [0, 0.05) is 6.54 Å². The van der Waals surface area contributed by atoms with Gasteiger partial charge in [0.1, 0.15) is 0 Å². The van der Waals surface area contributed by atoms with Crippen molar-refractivity contribution in [3.63, 3.8) is 0 Å². The van der Waals surface area contributed by atoms with Gasteiger partial charge in [-0.05, 0) is 56.5 Å². The average molecular weight is 342 g/mol. The molecule has 1 aromatic rings. The summed E-state index contributed by atoms with van der Waals surface area (Å²) in [6, 6.07) is 5.05. The van der Waals surface area contributed by atoms with Gasteiger partial charge >= 0.3 is 6.18 Å². The second kappa shape index (κ2) is 8.51. The van der Waals surface area contributed by atoms with Crippen molar-refractivity contribution in [2.75, 3.05) is 19.6 Å². The lowest BCUT2D eigenvalue weighted by atomic mass is 10.0. The highest BCUT2D eigenvalue weighted by atomic mass is 19.4. The van der Waals surface area contributed by atoms with Crippen LogP contribution in [0.3, 0.4) is 0 Å². The molecule has 1 atom stereocenters. The maximum atomic E-state index is 12.5.